The Balaban J connectivity index is 1.27. The normalized spacial score (nSPS) is 14.6. The van der Waals surface area contributed by atoms with Crippen LogP contribution in [0.2, 0.25) is 0 Å². The van der Waals surface area contributed by atoms with Crippen molar-refractivity contribution in [3.8, 4) is 11.5 Å². The number of carbonyl (C=O) groups excluding carboxylic acids is 3. The molecule has 0 saturated carbocycles. The summed E-state index contributed by atoms with van der Waals surface area (Å²) in [6.07, 6.45) is 1.37. The highest BCUT2D eigenvalue weighted by Crippen LogP contribution is 2.35. The van der Waals surface area contributed by atoms with Crippen LogP contribution in [0.5, 0.6) is 11.5 Å². The van der Waals surface area contributed by atoms with Crippen molar-refractivity contribution in [1.29, 1.82) is 0 Å². The van der Waals surface area contributed by atoms with Crippen molar-refractivity contribution >= 4 is 40.5 Å². The molecule has 2 aliphatic rings. The van der Waals surface area contributed by atoms with Gasteiger partial charge in [0.1, 0.15) is 13.2 Å². The molecule has 0 unspecified atom stereocenters. The largest absolute Gasteiger partial charge is 0.486 e. The number of amides is 2. The van der Waals surface area contributed by atoms with Gasteiger partial charge in [0.05, 0.1) is 12.1 Å². The molecule has 8 nitrogen and oxygen atoms in total. The van der Waals surface area contributed by atoms with Crippen LogP contribution in [-0.2, 0) is 20.9 Å². The number of anilines is 2. The van der Waals surface area contributed by atoms with Crippen LogP contribution in [0.1, 0.15) is 28.1 Å². The zero-order valence-electron chi connectivity index (χ0n) is 19.0. The molecule has 0 radical (unpaired) electrons. The topological polar surface area (TPSA) is 85.4 Å². The highest BCUT2D eigenvalue weighted by molar-refractivity contribution is 7.09. The molecule has 2 aromatic carbocycles. The van der Waals surface area contributed by atoms with Crippen LogP contribution in [0.3, 0.4) is 0 Å². The number of fused-ring (bicyclic) bond motifs is 1. The van der Waals surface area contributed by atoms with Gasteiger partial charge in [-0.3, -0.25) is 9.59 Å². The van der Waals surface area contributed by atoms with Crippen LogP contribution in [0, 0.1) is 0 Å². The smallest absolute Gasteiger partial charge is 0.338 e. The predicted molar refractivity (Wildman–Crippen MR) is 131 cm³/mol. The second-order valence-electron chi connectivity index (χ2n) is 8.16. The summed E-state index contributed by atoms with van der Waals surface area (Å²) in [5.41, 5.74) is 1.70. The molecule has 0 atom stereocenters. The number of carbonyl (C=O) groups is 3. The summed E-state index contributed by atoms with van der Waals surface area (Å²) in [4.78, 5) is 42.0. The number of hydrogen-bond donors (Lipinski definition) is 0. The fourth-order valence-electron chi connectivity index (χ4n) is 4.07. The maximum Gasteiger partial charge on any atom is 0.338 e. The summed E-state index contributed by atoms with van der Waals surface area (Å²) >= 11 is 1.54. The lowest BCUT2D eigenvalue weighted by Gasteiger charge is -2.25. The zero-order valence-corrected chi connectivity index (χ0v) is 19.8. The van der Waals surface area contributed by atoms with Gasteiger partial charge in [0.15, 0.2) is 18.1 Å². The van der Waals surface area contributed by atoms with E-state index in [1.807, 2.05) is 17.5 Å². The third kappa shape index (κ3) is 5.14. The van der Waals surface area contributed by atoms with E-state index < -0.39 is 12.6 Å². The second-order valence-corrected chi connectivity index (χ2v) is 9.19. The molecule has 1 fully saturated rings. The summed E-state index contributed by atoms with van der Waals surface area (Å²) in [7, 11) is 0. The predicted octanol–water partition coefficient (Wildman–Crippen LogP) is 4.04. The van der Waals surface area contributed by atoms with E-state index >= 15 is 0 Å². The molecular weight excluding hydrogens is 468 g/mol. The number of benzene rings is 2. The van der Waals surface area contributed by atoms with E-state index in [0.717, 1.165) is 17.0 Å². The lowest BCUT2D eigenvalue weighted by molar-refractivity contribution is -0.121. The monoisotopic (exact) mass is 492 g/mol. The highest BCUT2D eigenvalue weighted by Gasteiger charge is 2.23. The number of hydrogen-bond acceptors (Lipinski definition) is 7. The van der Waals surface area contributed by atoms with Crippen LogP contribution in [0.25, 0.3) is 0 Å². The SMILES string of the molecule is O=C(OCC(=O)N(Cc1cccs1)c1ccc2c(c1)OCCO2)c1ccc(N2CCCC2=O)cc1. The minimum Gasteiger partial charge on any atom is -0.486 e. The Morgan fingerprint density at radius 2 is 1.83 bits per heavy atom. The fraction of sp³-hybridized carbons (Fsp3) is 0.269. The Hall–Kier alpha value is -3.85. The van der Waals surface area contributed by atoms with E-state index in [2.05, 4.69) is 0 Å². The Morgan fingerprint density at radius 1 is 1.03 bits per heavy atom. The quantitative estimate of drug-likeness (QED) is 0.463. The van der Waals surface area contributed by atoms with Gasteiger partial charge in [-0.25, -0.2) is 4.79 Å². The highest BCUT2D eigenvalue weighted by atomic mass is 32.1. The molecule has 3 aromatic rings. The van der Waals surface area contributed by atoms with Crippen LogP contribution in [0.15, 0.2) is 60.0 Å². The summed E-state index contributed by atoms with van der Waals surface area (Å²) in [5, 5.41) is 1.95. The van der Waals surface area contributed by atoms with Crippen molar-refractivity contribution in [2.45, 2.75) is 19.4 Å². The molecule has 2 aliphatic heterocycles. The molecule has 180 valence electrons. The standard InChI is InChI=1S/C26H24N2O6S/c29-24-4-1-11-27(24)19-7-5-18(6-8-19)26(31)34-17-25(30)28(16-21-3-2-14-35-21)20-9-10-22-23(15-20)33-13-12-32-22/h2-3,5-10,14-15H,1,4,11-13,16-17H2. The van der Waals surface area contributed by atoms with E-state index in [9.17, 15) is 14.4 Å². The fourth-order valence-corrected chi connectivity index (χ4v) is 4.76. The van der Waals surface area contributed by atoms with Crippen molar-refractivity contribution in [2.24, 2.45) is 0 Å². The lowest BCUT2D eigenvalue weighted by atomic mass is 10.2. The van der Waals surface area contributed by atoms with Crippen LogP contribution < -0.4 is 19.3 Å². The van der Waals surface area contributed by atoms with Gasteiger partial charge in [-0.15, -0.1) is 11.3 Å². The lowest BCUT2D eigenvalue weighted by Crippen LogP contribution is -2.34. The number of rotatable bonds is 7. The van der Waals surface area contributed by atoms with Crippen LogP contribution >= 0.6 is 11.3 Å². The molecule has 0 spiro atoms. The molecule has 1 aromatic heterocycles. The Labute approximate surface area is 206 Å². The Bertz CT molecular complexity index is 1230. The van der Waals surface area contributed by atoms with Crippen LogP contribution in [-0.4, -0.2) is 44.1 Å². The molecule has 0 aliphatic carbocycles. The third-order valence-corrected chi connectivity index (χ3v) is 6.71. The number of thiophene rings is 1. The molecule has 3 heterocycles. The zero-order chi connectivity index (χ0) is 24.2. The van der Waals surface area contributed by atoms with Crippen molar-refractivity contribution in [3.63, 3.8) is 0 Å². The Kier molecular flexibility index (Phi) is 6.67. The average Bonchev–Trinajstić information content (AvgIpc) is 3.57. The molecule has 35 heavy (non-hydrogen) atoms. The number of esters is 1. The van der Waals surface area contributed by atoms with Crippen molar-refractivity contribution < 1.29 is 28.6 Å². The first-order valence-electron chi connectivity index (χ1n) is 11.4. The van der Waals surface area contributed by atoms with Gasteiger partial charge in [0.2, 0.25) is 5.91 Å². The molecule has 9 heteroatoms. The molecule has 5 rings (SSSR count). The number of ether oxygens (including phenoxy) is 3. The molecular formula is C26H24N2O6S. The molecule has 0 bridgehead atoms. The van der Waals surface area contributed by atoms with Crippen LogP contribution in [0.4, 0.5) is 11.4 Å². The first-order valence-corrected chi connectivity index (χ1v) is 12.3. The first-order chi connectivity index (χ1) is 17.1. The average molecular weight is 493 g/mol. The maximum atomic E-state index is 13.2. The van der Waals surface area contributed by atoms with E-state index in [4.69, 9.17) is 14.2 Å². The summed E-state index contributed by atoms with van der Waals surface area (Å²) in [6, 6.07) is 15.9. The van der Waals surface area contributed by atoms with Gasteiger partial charge in [-0.05, 0) is 54.3 Å². The second kappa shape index (κ2) is 10.2. The van der Waals surface area contributed by atoms with Gasteiger partial charge in [-0.1, -0.05) is 6.07 Å². The van der Waals surface area contributed by atoms with Gasteiger partial charge >= 0.3 is 5.97 Å². The van der Waals surface area contributed by atoms with E-state index in [0.29, 0.717) is 55.5 Å². The summed E-state index contributed by atoms with van der Waals surface area (Å²) in [5.74, 6) is 0.329. The van der Waals surface area contributed by atoms with Crippen molar-refractivity contribution in [1.82, 2.24) is 0 Å². The van der Waals surface area contributed by atoms with Gasteiger partial charge in [-0.2, -0.15) is 0 Å². The molecule has 0 N–H and O–H groups in total. The number of nitrogens with zero attached hydrogens (tertiary/aromatic N) is 2. The van der Waals surface area contributed by atoms with Gasteiger partial charge in [0.25, 0.3) is 5.91 Å². The molecule has 1 saturated heterocycles. The maximum absolute atomic E-state index is 13.2. The summed E-state index contributed by atoms with van der Waals surface area (Å²) in [6.45, 7) is 1.53. The first kappa shape index (κ1) is 22.9. The summed E-state index contributed by atoms with van der Waals surface area (Å²) < 4.78 is 16.6. The minimum absolute atomic E-state index is 0.0795. The van der Waals surface area contributed by atoms with Gasteiger partial charge in [0, 0.05) is 35.3 Å². The van der Waals surface area contributed by atoms with Gasteiger partial charge < -0.3 is 24.0 Å². The Morgan fingerprint density at radius 3 is 2.54 bits per heavy atom. The molecule has 2 amide bonds. The van der Waals surface area contributed by atoms with E-state index in [1.165, 1.54) is 11.3 Å². The third-order valence-electron chi connectivity index (χ3n) is 5.85. The van der Waals surface area contributed by atoms with E-state index in [1.54, 1.807) is 52.3 Å². The van der Waals surface area contributed by atoms with Crippen molar-refractivity contribution in [3.05, 3.63) is 70.4 Å². The van der Waals surface area contributed by atoms with Crippen molar-refractivity contribution in [2.75, 3.05) is 36.2 Å². The van der Waals surface area contributed by atoms with E-state index in [-0.39, 0.29) is 11.8 Å². The minimum atomic E-state index is -0.601.